The van der Waals surface area contributed by atoms with Gasteiger partial charge in [-0.25, -0.2) is 9.97 Å². The van der Waals surface area contributed by atoms with E-state index in [9.17, 15) is 0 Å². The molecule has 0 radical (unpaired) electrons. The van der Waals surface area contributed by atoms with Gasteiger partial charge in [-0.2, -0.15) is 0 Å². The molecule has 92 valence electrons. The first kappa shape index (κ1) is 11.8. The first-order chi connectivity index (χ1) is 8.26. The van der Waals surface area contributed by atoms with Crippen LogP contribution >= 0.6 is 0 Å². The number of methoxy groups -OCH3 is 2. The van der Waals surface area contributed by atoms with Gasteiger partial charge in [0, 0.05) is 27.5 Å². The fourth-order valence-electron chi connectivity index (χ4n) is 1.63. The number of aromatic nitrogens is 3. The molecular weight excluding hydrogens is 220 g/mol. The average molecular weight is 236 g/mol. The number of anilines is 1. The lowest BCUT2D eigenvalue weighted by atomic mass is 10.3. The van der Waals surface area contributed by atoms with Crippen LogP contribution in [0.1, 0.15) is 0 Å². The molecule has 0 spiro atoms. The van der Waals surface area contributed by atoms with E-state index in [2.05, 4.69) is 15.3 Å². The third-order valence-corrected chi connectivity index (χ3v) is 2.60. The Morgan fingerprint density at radius 2 is 2.12 bits per heavy atom. The standard InChI is InChI=1S/C11H16N4O2/c1-15-7-14-10-8(15)4-5-12-11(10)13-6-9(16-2)17-3/h4-5,7,9H,6H2,1-3H3,(H,12,13). The Morgan fingerprint density at radius 1 is 1.35 bits per heavy atom. The lowest BCUT2D eigenvalue weighted by Crippen LogP contribution is -2.24. The summed E-state index contributed by atoms with van der Waals surface area (Å²) in [6.45, 7) is 0.523. The minimum Gasteiger partial charge on any atom is -0.363 e. The number of pyridine rings is 1. The molecule has 17 heavy (non-hydrogen) atoms. The molecule has 0 aliphatic carbocycles. The quantitative estimate of drug-likeness (QED) is 0.785. The lowest BCUT2D eigenvalue weighted by Gasteiger charge is -2.14. The third kappa shape index (κ3) is 2.37. The van der Waals surface area contributed by atoms with Crippen LogP contribution in [0.4, 0.5) is 5.82 Å². The molecule has 6 heteroatoms. The van der Waals surface area contributed by atoms with Gasteiger partial charge in [0.1, 0.15) is 5.52 Å². The Kier molecular flexibility index (Phi) is 3.55. The van der Waals surface area contributed by atoms with Crippen molar-refractivity contribution < 1.29 is 9.47 Å². The molecule has 0 aromatic carbocycles. The Bertz CT molecular complexity index is 493. The van der Waals surface area contributed by atoms with E-state index >= 15 is 0 Å². The van der Waals surface area contributed by atoms with E-state index < -0.39 is 0 Å². The fourth-order valence-corrected chi connectivity index (χ4v) is 1.63. The molecule has 0 saturated heterocycles. The largest absolute Gasteiger partial charge is 0.363 e. The molecule has 0 atom stereocenters. The SMILES string of the molecule is COC(CNc1nccc2c1ncn2C)OC. The first-order valence-electron chi connectivity index (χ1n) is 5.31. The van der Waals surface area contributed by atoms with Crippen LogP contribution in [0.2, 0.25) is 0 Å². The van der Waals surface area contributed by atoms with Gasteiger partial charge in [-0.1, -0.05) is 0 Å². The summed E-state index contributed by atoms with van der Waals surface area (Å²) in [4.78, 5) is 8.57. The van der Waals surface area contributed by atoms with Crippen molar-refractivity contribution in [3.05, 3.63) is 18.6 Å². The highest BCUT2D eigenvalue weighted by Gasteiger charge is 2.09. The summed E-state index contributed by atoms with van der Waals surface area (Å²) in [5.41, 5.74) is 1.88. The van der Waals surface area contributed by atoms with Crippen molar-refractivity contribution in [2.45, 2.75) is 6.29 Å². The molecule has 0 aliphatic rings. The predicted octanol–water partition coefficient (Wildman–Crippen LogP) is 0.999. The van der Waals surface area contributed by atoms with Crippen molar-refractivity contribution in [1.82, 2.24) is 14.5 Å². The van der Waals surface area contributed by atoms with Crippen molar-refractivity contribution in [2.75, 3.05) is 26.1 Å². The van der Waals surface area contributed by atoms with E-state index in [-0.39, 0.29) is 6.29 Å². The van der Waals surface area contributed by atoms with Gasteiger partial charge in [-0.15, -0.1) is 0 Å². The summed E-state index contributed by atoms with van der Waals surface area (Å²) in [6, 6.07) is 1.93. The zero-order valence-corrected chi connectivity index (χ0v) is 10.2. The van der Waals surface area contributed by atoms with Crippen LogP contribution < -0.4 is 5.32 Å². The number of fused-ring (bicyclic) bond motifs is 1. The third-order valence-electron chi connectivity index (χ3n) is 2.60. The van der Waals surface area contributed by atoms with Crippen molar-refractivity contribution >= 4 is 16.9 Å². The summed E-state index contributed by atoms with van der Waals surface area (Å²) in [6.07, 6.45) is 3.22. The van der Waals surface area contributed by atoms with Crippen molar-refractivity contribution in [3.8, 4) is 0 Å². The summed E-state index contributed by atoms with van der Waals surface area (Å²) in [5, 5.41) is 3.17. The van der Waals surface area contributed by atoms with Crippen LogP contribution in [0.15, 0.2) is 18.6 Å². The Hall–Kier alpha value is -1.66. The maximum Gasteiger partial charge on any atom is 0.173 e. The number of nitrogens with zero attached hydrogens (tertiary/aromatic N) is 3. The number of hydrogen-bond donors (Lipinski definition) is 1. The molecule has 0 amide bonds. The molecule has 0 bridgehead atoms. The zero-order chi connectivity index (χ0) is 12.3. The fraction of sp³-hybridized carbons (Fsp3) is 0.455. The predicted molar refractivity (Wildman–Crippen MR) is 64.8 cm³/mol. The first-order valence-corrected chi connectivity index (χ1v) is 5.31. The van der Waals surface area contributed by atoms with Crippen molar-refractivity contribution in [1.29, 1.82) is 0 Å². The molecular formula is C11H16N4O2. The van der Waals surface area contributed by atoms with Gasteiger partial charge in [0.2, 0.25) is 0 Å². The highest BCUT2D eigenvalue weighted by molar-refractivity contribution is 5.85. The minimum atomic E-state index is -0.296. The molecule has 0 aliphatic heterocycles. The Balaban J connectivity index is 2.18. The van der Waals surface area contributed by atoms with Gasteiger partial charge in [-0.05, 0) is 6.07 Å². The van der Waals surface area contributed by atoms with Gasteiger partial charge in [0.15, 0.2) is 12.1 Å². The molecule has 2 heterocycles. The molecule has 0 saturated carbocycles. The number of rotatable bonds is 5. The molecule has 6 nitrogen and oxygen atoms in total. The topological polar surface area (TPSA) is 61.2 Å². The smallest absolute Gasteiger partial charge is 0.173 e. The molecule has 1 N–H and O–H groups in total. The number of aryl methyl sites for hydroxylation is 1. The van der Waals surface area contributed by atoms with Gasteiger partial charge in [0.25, 0.3) is 0 Å². The highest BCUT2D eigenvalue weighted by Crippen LogP contribution is 2.18. The maximum absolute atomic E-state index is 5.10. The van der Waals surface area contributed by atoms with Gasteiger partial charge in [-0.3, -0.25) is 0 Å². The van der Waals surface area contributed by atoms with Gasteiger partial charge in [0.05, 0.1) is 18.4 Å². The summed E-state index contributed by atoms with van der Waals surface area (Å²) >= 11 is 0. The maximum atomic E-state index is 5.10. The molecule has 0 unspecified atom stereocenters. The summed E-state index contributed by atoms with van der Waals surface area (Å²) in [5.74, 6) is 0.738. The van der Waals surface area contributed by atoms with Crippen molar-refractivity contribution in [3.63, 3.8) is 0 Å². The van der Waals surface area contributed by atoms with E-state index in [1.54, 1.807) is 26.7 Å². The second kappa shape index (κ2) is 5.11. The van der Waals surface area contributed by atoms with E-state index in [1.807, 2.05) is 17.7 Å². The van der Waals surface area contributed by atoms with Crippen LogP contribution in [-0.2, 0) is 16.5 Å². The van der Waals surface area contributed by atoms with Crippen LogP contribution in [0.25, 0.3) is 11.0 Å². The van der Waals surface area contributed by atoms with E-state index in [0.717, 1.165) is 16.9 Å². The zero-order valence-electron chi connectivity index (χ0n) is 10.2. The molecule has 2 aromatic heterocycles. The number of nitrogens with one attached hydrogen (secondary N) is 1. The minimum absolute atomic E-state index is 0.296. The molecule has 2 rings (SSSR count). The molecule has 0 fully saturated rings. The Labute approximate surface area is 99.6 Å². The van der Waals surface area contributed by atoms with Crippen LogP contribution in [0, 0.1) is 0 Å². The lowest BCUT2D eigenvalue weighted by molar-refractivity contribution is -0.0914. The van der Waals surface area contributed by atoms with Crippen LogP contribution in [-0.4, -0.2) is 41.6 Å². The van der Waals surface area contributed by atoms with Gasteiger partial charge >= 0.3 is 0 Å². The normalized spacial score (nSPS) is 11.3. The summed E-state index contributed by atoms with van der Waals surface area (Å²) in [7, 11) is 5.15. The number of imidazole rings is 1. The van der Waals surface area contributed by atoms with Crippen molar-refractivity contribution in [2.24, 2.45) is 7.05 Å². The monoisotopic (exact) mass is 236 g/mol. The van der Waals surface area contributed by atoms with Crippen LogP contribution in [0.5, 0.6) is 0 Å². The van der Waals surface area contributed by atoms with Gasteiger partial charge < -0.3 is 19.4 Å². The number of ether oxygens (including phenoxy) is 2. The average Bonchev–Trinajstić information content (AvgIpc) is 2.73. The Morgan fingerprint density at radius 3 is 2.82 bits per heavy atom. The second-order valence-corrected chi connectivity index (χ2v) is 3.66. The second-order valence-electron chi connectivity index (χ2n) is 3.66. The molecule has 2 aromatic rings. The summed E-state index contributed by atoms with van der Waals surface area (Å²) < 4.78 is 12.2. The highest BCUT2D eigenvalue weighted by atomic mass is 16.7. The van der Waals surface area contributed by atoms with E-state index in [4.69, 9.17) is 9.47 Å². The van der Waals surface area contributed by atoms with E-state index in [1.165, 1.54) is 0 Å². The number of hydrogen-bond acceptors (Lipinski definition) is 5. The van der Waals surface area contributed by atoms with E-state index in [0.29, 0.717) is 6.54 Å². The van der Waals surface area contributed by atoms with Crippen LogP contribution in [0.3, 0.4) is 0 Å².